The van der Waals surface area contributed by atoms with Gasteiger partial charge in [-0.2, -0.15) is 0 Å². The van der Waals surface area contributed by atoms with Gasteiger partial charge in [0.05, 0.1) is 23.3 Å². The molecule has 0 bridgehead atoms. The molecular formula is C79H198O12. The number of carboxylic acids is 4. The van der Waals surface area contributed by atoms with Crippen LogP contribution in [-0.2, 0) is 33.6 Å². The molecule has 0 saturated heterocycles. The highest BCUT2D eigenvalue weighted by atomic mass is 16.4. The normalized spacial score (nSPS) is 9.55. The van der Waals surface area contributed by atoms with Gasteiger partial charge in [-0.3, -0.25) is 33.6 Å². The highest BCUT2D eigenvalue weighted by Crippen LogP contribution is 2.22. The molecule has 12 heteroatoms. The molecule has 0 spiro atoms. The van der Waals surface area contributed by atoms with Gasteiger partial charge < -0.3 is 20.4 Å². The van der Waals surface area contributed by atoms with Crippen molar-refractivity contribution in [2.45, 2.75) is 407 Å². The molecule has 0 saturated carbocycles. The summed E-state index contributed by atoms with van der Waals surface area (Å²) in [4.78, 5) is 83.6. The molecule has 91 heavy (non-hydrogen) atoms. The van der Waals surface area contributed by atoms with E-state index in [1.165, 1.54) is 5.56 Å². The van der Waals surface area contributed by atoms with Crippen molar-refractivity contribution >= 4 is 47.0 Å². The first-order chi connectivity index (χ1) is 30.9. The number of hydrogen-bond donors (Lipinski definition) is 4. The zero-order valence-corrected chi connectivity index (χ0v) is 46.4. The van der Waals surface area contributed by atoms with Crippen molar-refractivity contribution in [1.29, 1.82) is 0 Å². The van der Waals surface area contributed by atoms with Crippen LogP contribution in [0.5, 0.6) is 0 Å². The van der Waals surface area contributed by atoms with Crippen molar-refractivity contribution in [3.8, 4) is 0 Å². The standard InChI is InChI=1S/C11H14O2.C8H16O.3C7H14O.3C5H10O2.24CH4/c1-3-8(2)9-4-6-10(7-5-9)11(12)13;1-5-7(9)8(3,4)6-2;3*1-4-6(3)7(8)5-2;3*1-3-4(2)5(6)7;;;;;;;;;;;;;;;;;;;;;;;;/h4-8H,3H2,1-2H3,(H,12,13);5-6H2,1-4H3;3*6H,4-5H2,1-3H3;3*4H,3H2,1-2H3,(H,6,7);24*1H4. The Morgan fingerprint density at radius 1 is 0.308 bits per heavy atom. The molecule has 0 amide bonds. The number of ketones is 4. The molecule has 7 unspecified atom stereocenters. The van der Waals surface area contributed by atoms with Crippen LogP contribution in [0.15, 0.2) is 24.3 Å². The number of rotatable bonds is 21. The zero-order chi connectivity index (χ0) is 54.6. The molecule has 12 nitrogen and oxygen atoms in total. The molecule has 0 heterocycles. The summed E-state index contributed by atoms with van der Waals surface area (Å²) in [6.07, 6.45) is 9.85. The van der Waals surface area contributed by atoms with Crippen LogP contribution < -0.4 is 0 Å². The van der Waals surface area contributed by atoms with Gasteiger partial charge in [-0.05, 0) is 75.0 Å². The quantitative estimate of drug-likeness (QED) is 0.0904. The van der Waals surface area contributed by atoms with E-state index in [1.54, 1.807) is 32.9 Å². The van der Waals surface area contributed by atoms with Crippen LogP contribution in [0.1, 0.15) is 423 Å². The van der Waals surface area contributed by atoms with Crippen LogP contribution in [0.2, 0.25) is 0 Å². The SMILES string of the molecule is C.C.C.C.C.C.C.C.C.C.C.C.C.C.C.C.C.C.C.C.C.C.C.C.CCC(=O)C(C)(C)CC.CCC(=O)C(C)CC.CCC(=O)C(C)CC.CCC(=O)C(C)CC.CCC(C)C(=O)O.CCC(C)C(=O)O.CCC(C)C(=O)O.CCC(C)c1ccc(C(=O)O)cc1. The third kappa shape index (κ3) is 127. The summed E-state index contributed by atoms with van der Waals surface area (Å²) in [6.45, 7) is 40.7. The average Bonchev–Trinajstić information content (AvgIpc) is 3.34. The van der Waals surface area contributed by atoms with Crippen LogP contribution in [0.3, 0.4) is 0 Å². The number of carbonyl (C=O) groups is 8. The van der Waals surface area contributed by atoms with Gasteiger partial charge in [0.15, 0.2) is 0 Å². The van der Waals surface area contributed by atoms with Crippen molar-refractivity contribution in [1.82, 2.24) is 0 Å². The second kappa shape index (κ2) is 130. The molecule has 0 aliphatic carbocycles. The van der Waals surface area contributed by atoms with E-state index in [9.17, 15) is 38.4 Å². The number of hydrogen-bond acceptors (Lipinski definition) is 8. The van der Waals surface area contributed by atoms with Crippen molar-refractivity contribution in [2.75, 3.05) is 0 Å². The number of Topliss-reactive ketones (excluding diaryl/α,β-unsaturated/α-hetero) is 4. The monoisotopic (exact) mass is 1340 g/mol. The largest absolute Gasteiger partial charge is 0.481 e. The summed E-state index contributed by atoms with van der Waals surface area (Å²) in [5, 5.41) is 33.2. The van der Waals surface area contributed by atoms with Gasteiger partial charge in [-0.15, -0.1) is 0 Å². The summed E-state index contributed by atoms with van der Waals surface area (Å²) >= 11 is 0. The molecule has 1 aromatic rings. The van der Waals surface area contributed by atoms with Crippen LogP contribution in [0.4, 0.5) is 0 Å². The van der Waals surface area contributed by atoms with Gasteiger partial charge in [0.2, 0.25) is 0 Å². The van der Waals surface area contributed by atoms with Crippen molar-refractivity contribution < 1.29 is 58.8 Å². The van der Waals surface area contributed by atoms with Crippen molar-refractivity contribution in [3.63, 3.8) is 0 Å². The van der Waals surface area contributed by atoms with Gasteiger partial charge in [0.25, 0.3) is 0 Å². The summed E-state index contributed by atoms with van der Waals surface area (Å²) < 4.78 is 0. The summed E-state index contributed by atoms with van der Waals surface area (Å²) in [7, 11) is 0. The topological polar surface area (TPSA) is 217 Å². The minimum Gasteiger partial charge on any atom is -0.481 e. The molecule has 0 aliphatic heterocycles. The molecule has 0 aromatic heterocycles. The molecule has 4 N–H and O–H groups in total. The van der Waals surface area contributed by atoms with E-state index in [0.29, 0.717) is 60.3 Å². The Balaban J connectivity index is -0.0000000151. The van der Waals surface area contributed by atoms with E-state index in [1.807, 2.05) is 123 Å². The number of aromatic carboxylic acids is 1. The van der Waals surface area contributed by atoms with E-state index in [4.69, 9.17) is 20.4 Å². The highest BCUT2D eigenvalue weighted by molar-refractivity contribution is 5.87. The fraction of sp³-hybridized carbons (Fsp3) is 0.823. The Labute approximate surface area is 586 Å². The third-order valence-electron chi connectivity index (χ3n) is 11.9. The van der Waals surface area contributed by atoms with E-state index in [2.05, 4.69) is 13.8 Å². The lowest BCUT2D eigenvalue weighted by atomic mass is 9.84. The zero-order valence-electron chi connectivity index (χ0n) is 46.4. The van der Waals surface area contributed by atoms with E-state index < -0.39 is 23.9 Å². The van der Waals surface area contributed by atoms with Gasteiger partial charge >= 0.3 is 23.9 Å². The Bertz CT molecular complexity index is 1350. The summed E-state index contributed by atoms with van der Waals surface area (Å²) in [5.41, 5.74) is 1.47. The smallest absolute Gasteiger partial charge is 0.335 e. The van der Waals surface area contributed by atoms with Gasteiger partial charge in [0, 0.05) is 48.9 Å². The van der Waals surface area contributed by atoms with Crippen LogP contribution in [0.25, 0.3) is 0 Å². The number of benzene rings is 1. The number of carboxylic acid groups (broad SMARTS) is 4. The minimum absolute atomic E-state index is 0. The Kier molecular flexibility index (Phi) is 294. The number of carbonyl (C=O) groups excluding carboxylic acids is 4. The fourth-order valence-electron chi connectivity index (χ4n) is 4.12. The molecule has 7 atom stereocenters. The van der Waals surface area contributed by atoms with Crippen LogP contribution >= 0.6 is 0 Å². The average molecular weight is 1340 g/mol. The lowest BCUT2D eigenvalue weighted by molar-refractivity contribution is -0.142. The lowest BCUT2D eigenvalue weighted by Gasteiger charge is -2.19. The van der Waals surface area contributed by atoms with E-state index in [0.717, 1.165) is 51.4 Å². The van der Waals surface area contributed by atoms with Gasteiger partial charge in [-0.25, -0.2) is 4.79 Å². The Hall–Kier alpha value is -4.22. The van der Waals surface area contributed by atoms with Crippen molar-refractivity contribution in [2.24, 2.45) is 40.9 Å². The van der Waals surface area contributed by atoms with E-state index in [-0.39, 0.29) is 219 Å². The fourth-order valence-corrected chi connectivity index (χ4v) is 4.12. The van der Waals surface area contributed by atoms with Crippen LogP contribution in [0, 0.1) is 40.9 Å². The second-order valence-corrected chi connectivity index (χ2v) is 17.6. The molecule has 586 valence electrons. The number of aliphatic carboxylic acids is 3. The molecular weight excluding hydrogens is 1140 g/mol. The second-order valence-electron chi connectivity index (χ2n) is 17.6. The highest BCUT2D eigenvalue weighted by Gasteiger charge is 2.22. The first-order valence-electron chi connectivity index (χ1n) is 25.0. The van der Waals surface area contributed by atoms with Crippen molar-refractivity contribution in [3.05, 3.63) is 35.4 Å². The van der Waals surface area contributed by atoms with Gasteiger partial charge in [-0.1, -0.05) is 336 Å². The Morgan fingerprint density at radius 3 is 0.571 bits per heavy atom. The predicted molar refractivity (Wildman–Crippen MR) is 439 cm³/mol. The maximum atomic E-state index is 11.1. The Morgan fingerprint density at radius 2 is 0.495 bits per heavy atom. The first kappa shape index (κ1) is 205. The third-order valence-corrected chi connectivity index (χ3v) is 11.9. The van der Waals surface area contributed by atoms with E-state index >= 15 is 0 Å². The van der Waals surface area contributed by atoms with Gasteiger partial charge in [0.1, 0.15) is 23.1 Å². The molecule has 0 aliphatic rings. The summed E-state index contributed by atoms with van der Waals surface area (Å²) in [5.74, 6) is -0.677. The molecule has 0 fully saturated rings. The molecule has 1 aromatic carbocycles. The molecule has 1 rings (SSSR count). The predicted octanol–water partition coefficient (Wildman–Crippen LogP) is 30.0. The minimum atomic E-state index is -0.865. The molecule has 0 radical (unpaired) electrons. The lowest BCUT2D eigenvalue weighted by Crippen LogP contribution is -2.21. The maximum absolute atomic E-state index is 11.1. The van der Waals surface area contributed by atoms with Crippen LogP contribution in [-0.4, -0.2) is 67.4 Å². The first-order valence-corrected chi connectivity index (χ1v) is 25.0. The summed E-state index contributed by atoms with van der Waals surface area (Å²) in [6, 6.07) is 7.09. The maximum Gasteiger partial charge on any atom is 0.335 e.